The third-order valence-electron chi connectivity index (χ3n) is 5.67. The highest BCUT2D eigenvalue weighted by Crippen LogP contribution is 2.40. The third-order valence-corrected chi connectivity index (χ3v) is 7.71. The van der Waals surface area contributed by atoms with Gasteiger partial charge in [-0.25, -0.2) is 8.42 Å². The van der Waals surface area contributed by atoms with Gasteiger partial charge in [0.15, 0.2) is 5.69 Å². The number of carbonyl (C=O) groups is 1. The summed E-state index contributed by atoms with van der Waals surface area (Å²) in [5, 5.41) is 6.90. The van der Waals surface area contributed by atoms with Gasteiger partial charge in [-0.1, -0.05) is 5.16 Å². The van der Waals surface area contributed by atoms with Crippen molar-refractivity contribution in [2.45, 2.75) is 69.0 Å². The van der Waals surface area contributed by atoms with Crippen molar-refractivity contribution in [1.82, 2.24) is 14.8 Å². The van der Waals surface area contributed by atoms with Gasteiger partial charge in [-0.2, -0.15) is 4.31 Å². The summed E-state index contributed by atoms with van der Waals surface area (Å²) in [5.41, 5.74) is 5.78. The van der Waals surface area contributed by atoms with E-state index >= 15 is 0 Å². The SMILES string of the molecule is NCCCS(=O)(=O)N1C2CCC1CC(NC(=O)c1cc(C3CC3)on1)C2. The molecule has 2 unspecified atom stereocenters. The third kappa shape index (κ3) is 3.52. The highest BCUT2D eigenvalue weighted by Gasteiger charge is 2.46. The van der Waals surface area contributed by atoms with Gasteiger partial charge in [0.2, 0.25) is 10.0 Å². The Morgan fingerprint density at radius 1 is 1.27 bits per heavy atom. The number of hydrogen-bond acceptors (Lipinski definition) is 6. The molecule has 9 heteroatoms. The monoisotopic (exact) mass is 382 g/mol. The van der Waals surface area contributed by atoms with Crippen LogP contribution in [0.2, 0.25) is 0 Å². The normalized spacial score (nSPS) is 29.0. The van der Waals surface area contributed by atoms with Crippen LogP contribution in [0.5, 0.6) is 0 Å². The number of nitrogens with zero attached hydrogens (tertiary/aromatic N) is 2. The number of amides is 1. The van der Waals surface area contributed by atoms with E-state index in [0.717, 1.165) is 31.4 Å². The molecule has 4 rings (SSSR count). The molecular formula is C17H26N4O4S. The fourth-order valence-electron chi connectivity index (χ4n) is 4.29. The first kappa shape index (κ1) is 17.9. The van der Waals surface area contributed by atoms with Crippen LogP contribution in [0.3, 0.4) is 0 Å². The average Bonchev–Trinajstić information content (AvgIpc) is 3.26. The van der Waals surface area contributed by atoms with Crippen LogP contribution in [0.4, 0.5) is 0 Å². The number of carbonyl (C=O) groups excluding carboxylic acids is 1. The van der Waals surface area contributed by atoms with Gasteiger partial charge < -0.3 is 15.6 Å². The molecule has 1 amide bonds. The molecule has 0 radical (unpaired) electrons. The number of hydrogen-bond donors (Lipinski definition) is 2. The quantitative estimate of drug-likeness (QED) is 0.725. The highest BCUT2D eigenvalue weighted by molar-refractivity contribution is 7.89. The number of sulfonamides is 1. The maximum absolute atomic E-state index is 12.6. The van der Waals surface area contributed by atoms with Crippen LogP contribution in [0, 0.1) is 0 Å². The van der Waals surface area contributed by atoms with E-state index in [1.807, 2.05) is 0 Å². The van der Waals surface area contributed by atoms with Crippen molar-refractivity contribution in [2.75, 3.05) is 12.3 Å². The van der Waals surface area contributed by atoms with Crippen LogP contribution >= 0.6 is 0 Å². The van der Waals surface area contributed by atoms with Crippen molar-refractivity contribution >= 4 is 15.9 Å². The van der Waals surface area contributed by atoms with Crippen molar-refractivity contribution in [2.24, 2.45) is 5.73 Å². The second-order valence-electron chi connectivity index (χ2n) is 7.70. The lowest BCUT2D eigenvalue weighted by molar-refractivity contribution is 0.0900. The second kappa shape index (κ2) is 6.94. The minimum absolute atomic E-state index is 0.0259. The fraction of sp³-hybridized carbons (Fsp3) is 0.765. The predicted molar refractivity (Wildman–Crippen MR) is 95.1 cm³/mol. The van der Waals surface area contributed by atoms with E-state index in [-0.39, 0.29) is 29.8 Å². The highest BCUT2D eigenvalue weighted by atomic mass is 32.2. The first-order chi connectivity index (χ1) is 12.5. The van der Waals surface area contributed by atoms with Crippen LogP contribution in [0.25, 0.3) is 0 Å². The van der Waals surface area contributed by atoms with Crippen LogP contribution in [-0.4, -0.2) is 54.2 Å². The first-order valence-electron chi connectivity index (χ1n) is 9.46. The molecule has 2 atom stereocenters. The number of piperidine rings is 1. The Morgan fingerprint density at radius 2 is 1.96 bits per heavy atom. The molecule has 2 saturated heterocycles. The molecule has 0 spiro atoms. The molecule has 3 heterocycles. The van der Waals surface area contributed by atoms with E-state index in [9.17, 15) is 13.2 Å². The van der Waals surface area contributed by atoms with Crippen molar-refractivity contribution < 1.29 is 17.7 Å². The van der Waals surface area contributed by atoms with E-state index in [4.69, 9.17) is 10.3 Å². The predicted octanol–water partition coefficient (Wildman–Crippen LogP) is 0.956. The van der Waals surface area contributed by atoms with E-state index in [1.165, 1.54) is 0 Å². The van der Waals surface area contributed by atoms with E-state index in [2.05, 4.69) is 10.5 Å². The number of fused-ring (bicyclic) bond motifs is 2. The summed E-state index contributed by atoms with van der Waals surface area (Å²) < 4.78 is 32.1. The minimum Gasteiger partial charge on any atom is -0.360 e. The minimum atomic E-state index is -3.27. The van der Waals surface area contributed by atoms with Crippen LogP contribution < -0.4 is 11.1 Å². The molecule has 1 saturated carbocycles. The van der Waals surface area contributed by atoms with E-state index in [1.54, 1.807) is 10.4 Å². The number of rotatable bonds is 7. The lowest BCUT2D eigenvalue weighted by Gasteiger charge is -2.38. The Labute approximate surface area is 153 Å². The molecule has 3 fully saturated rings. The van der Waals surface area contributed by atoms with Gasteiger partial charge in [-0.05, 0) is 51.5 Å². The summed E-state index contributed by atoms with van der Waals surface area (Å²) in [7, 11) is -3.27. The van der Waals surface area contributed by atoms with Gasteiger partial charge >= 0.3 is 0 Å². The molecule has 3 N–H and O–H groups in total. The maximum Gasteiger partial charge on any atom is 0.273 e. The lowest BCUT2D eigenvalue weighted by atomic mass is 9.99. The molecule has 2 aliphatic heterocycles. The van der Waals surface area contributed by atoms with Gasteiger partial charge in [-0.15, -0.1) is 0 Å². The number of nitrogens with two attached hydrogens (primary N) is 1. The summed E-state index contributed by atoms with van der Waals surface area (Å²) >= 11 is 0. The smallest absolute Gasteiger partial charge is 0.273 e. The molecule has 144 valence electrons. The fourth-order valence-corrected chi connectivity index (χ4v) is 6.33. The summed E-state index contributed by atoms with van der Waals surface area (Å²) in [6, 6.07) is 1.65. The Bertz CT molecular complexity index is 759. The van der Waals surface area contributed by atoms with Gasteiger partial charge in [-0.3, -0.25) is 4.79 Å². The summed E-state index contributed by atoms with van der Waals surface area (Å²) in [5.74, 6) is 1.08. The molecule has 8 nitrogen and oxygen atoms in total. The number of aromatic nitrogens is 1. The molecular weight excluding hydrogens is 356 g/mol. The van der Waals surface area contributed by atoms with Crippen molar-refractivity contribution in [3.05, 3.63) is 17.5 Å². The van der Waals surface area contributed by atoms with Crippen molar-refractivity contribution in [3.63, 3.8) is 0 Å². The Balaban J connectivity index is 1.38. The Hall–Kier alpha value is -1.45. The molecule has 1 aromatic heterocycles. The molecule has 0 aromatic carbocycles. The second-order valence-corrected chi connectivity index (χ2v) is 9.70. The van der Waals surface area contributed by atoms with Crippen molar-refractivity contribution in [3.8, 4) is 0 Å². The zero-order valence-electron chi connectivity index (χ0n) is 14.8. The summed E-state index contributed by atoms with van der Waals surface area (Å²) in [4.78, 5) is 12.4. The van der Waals surface area contributed by atoms with Gasteiger partial charge in [0, 0.05) is 30.1 Å². The maximum atomic E-state index is 12.6. The molecule has 1 aliphatic carbocycles. The molecule has 2 bridgehead atoms. The molecule has 1 aromatic rings. The summed E-state index contributed by atoms with van der Waals surface area (Å²) in [6.07, 6.45) is 5.68. The Morgan fingerprint density at radius 3 is 2.58 bits per heavy atom. The van der Waals surface area contributed by atoms with E-state index < -0.39 is 10.0 Å². The average molecular weight is 382 g/mol. The van der Waals surface area contributed by atoms with Crippen LogP contribution in [0.15, 0.2) is 10.6 Å². The van der Waals surface area contributed by atoms with Crippen LogP contribution in [0.1, 0.15) is 67.1 Å². The van der Waals surface area contributed by atoms with Gasteiger partial charge in [0.05, 0.1) is 5.75 Å². The standard InChI is InChI=1S/C17H26N4O4S/c18-6-1-7-26(23,24)21-13-4-5-14(21)9-12(8-13)19-17(22)15-10-16(25-20-15)11-2-3-11/h10-14H,1-9,18H2,(H,19,22). The van der Waals surface area contributed by atoms with E-state index in [0.29, 0.717) is 37.4 Å². The molecule has 3 aliphatic rings. The topological polar surface area (TPSA) is 119 Å². The zero-order valence-corrected chi connectivity index (χ0v) is 15.6. The number of nitrogens with one attached hydrogen (secondary N) is 1. The first-order valence-corrected chi connectivity index (χ1v) is 11.1. The zero-order chi connectivity index (χ0) is 18.3. The lowest BCUT2D eigenvalue weighted by Crippen LogP contribution is -2.53. The van der Waals surface area contributed by atoms with Crippen molar-refractivity contribution in [1.29, 1.82) is 0 Å². The summed E-state index contributed by atoms with van der Waals surface area (Å²) in [6.45, 7) is 0.377. The Kier molecular flexibility index (Phi) is 4.79. The molecule has 26 heavy (non-hydrogen) atoms. The van der Waals surface area contributed by atoms with Crippen LogP contribution in [-0.2, 0) is 10.0 Å². The van der Waals surface area contributed by atoms with Gasteiger partial charge in [0.25, 0.3) is 5.91 Å². The van der Waals surface area contributed by atoms with Gasteiger partial charge in [0.1, 0.15) is 5.76 Å². The largest absolute Gasteiger partial charge is 0.360 e.